The van der Waals surface area contributed by atoms with Crippen LogP contribution in [-0.4, -0.2) is 83.1 Å². The number of methoxy groups -OCH3 is 1. The maximum atomic E-state index is 14.2. The molecule has 2 amide bonds. The van der Waals surface area contributed by atoms with Crippen LogP contribution < -0.4 is 20.3 Å². The molecule has 3 aliphatic carbocycles. The van der Waals surface area contributed by atoms with Gasteiger partial charge >= 0.3 is 6.09 Å². The molecule has 3 N–H and O–H groups in total. The number of nitrogens with zero attached hydrogens (tertiary/aromatic N) is 5. The minimum atomic E-state index is -0.925. The summed E-state index contributed by atoms with van der Waals surface area (Å²) in [5.41, 5.74) is 6.30. The van der Waals surface area contributed by atoms with Crippen molar-refractivity contribution >= 4 is 29.0 Å². The number of aliphatic hydroxyl groups excluding tert-OH is 1. The largest absolute Gasteiger partial charge is 0.497 e. The molecule has 8 rings (SSSR count). The zero-order valence-corrected chi connectivity index (χ0v) is 28.8. The number of carbonyl (C=O) groups excluding carboxylic acids is 2. The lowest BCUT2D eigenvalue weighted by atomic mass is 9.97. The molecule has 2 aromatic heterocycles. The minimum absolute atomic E-state index is 0.0208. The second-order valence-corrected chi connectivity index (χ2v) is 14.1. The Hall–Kier alpha value is -5.49. The van der Waals surface area contributed by atoms with E-state index in [1.54, 1.807) is 13.4 Å². The van der Waals surface area contributed by atoms with Crippen molar-refractivity contribution in [2.45, 2.75) is 43.3 Å². The Labute approximate surface area is 295 Å². The van der Waals surface area contributed by atoms with Crippen LogP contribution in [-0.2, 0) is 16.0 Å². The maximum Gasteiger partial charge on any atom is 0.407 e. The zero-order valence-electron chi connectivity index (χ0n) is 28.8. The average molecular weight is 688 g/mol. The third-order valence-electron chi connectivity index (χ3n) is 11.1. The van der Waals surface area contributed by atoms with Gasteiger partial charge in [-0.3, -0.25) is 4.79 Å². The van der Waals surface area contributed by atoms with E-state index < -0.39 is 17.6 Å². The first-order chi connectivity index (χ1) is 24.8. The van der Waals surface area contributed by atoms with Crippen molar-refractivity contribution in [3.8, 4) is 16.9 Å². The number of imidazole rings is 1. The van der Waals surface area contributed by atoms with Gasteiger partial charge in [-0.05, 0) is 58.7 Å². The number of hydrogen-bond donors (Lipinski definition) is 3. The Morgan fingerprint density at radius 1 is 1.00 bits per heavy atom. The molecular weight excluding hydrogens is 646 g/mol. The molecule has 51 heavy (non-hydrogen) atoms. The minimum Gasteiger partial charge on any atom is -0.497 e. The van der Waals surface area contributed by atoms with E-state index in [0.717, 1.165) is 45.7 Å². The van der Waals surface area contributed by atoms with Crippen molar-refractivity contribution in [3.05, 3.63) is 102 Å². The van der Waals surface area contributed by atoms with Crippen LogP contribution >= 0.6 is 0 Å². The van der Waals surface area contributed by atoms with E-state index in [0.29, 0.717) is 17.7 Å². The van der Waals surface area contributed by atoms with Gasteiger partial charge < -0.3 is 34.7 Å². The predicted octanol–water partition coefficient (Wildman–Crippen LogP) is 4.48. The summed E-state index contributed by atoms with van der Waals surface area (Å²) in [5.74, 6) is 1.11. The van der Waals surface area contributed by atoms with Crippen molar-refractivity contribution in [2.75, 3.05) is 39.3 Å². The van der Waals surface area contributed by atoms with Gasteiger partial charge in [0.2, 0.25) is 5.91 Å². The van der Waals surface area contributed by atoms with E-state index in [1.807, 2.05) is 67.5 Å². The number of amides is 2. The first-order valence-corrected chi connectivity index (χ1v) is 17.3. The highest BCUT2D eigenvalue weighted by atomic mass is 16.5. The summed E-state index contributed by atoms with van der Waals surface area (Å²) in [7, 11) is 5.43. The fraction of sp³-hybridized carbons (Fsp3) is 0.359. The number of benzene rings is 3. The fourth-order valence-corrected chi connectivity index (χ4v) is 8.38. The fourth-order valence-electron chi connectivity index (χ4n) is 8.38. The van der Waals surface area contributed by atoms with Crippen LogP contribution in [0, 0.1) is 11.3 Å². The van der Waals surface area contributed by atoms with E-state index in [2.05, 4.69) is 54.4 Å². The molecule has 3 aliphatic rings. The second-order valence-electron chi connectivity index (χ2n) is 14.1. The summed E-state index contributed by atoms with van der Waals surface area (Å²) in [6, 6.07) is 22.5. The van der Waals surface area contributed by atoms with Crippen LogP contribution in [0.5, 0.6) is 5.75 Å². The van der Waals surface area contributed by atoms with Crippen LogP contribution in [0.15, 0.2) is 85.5 Å². The Kier molecular flexibility index (Phi) is 8.33. The molecule has 0 radical (unpaired) electrons. The Bertz CT molecular complexity index is 2050. The van der Waals surface area contributed by atoms with Crippen LogP contribution in [0.3, 0.4) is 0 Å². The Morgan fingerprint density at radius 3 is 2.37 bits per heavy atom. The Morgan fingerprint density at radius 2 is 1.71 bits per heavy atom. The predicted molar refractivity (Wildman–Crippen MR) is 192 cm³/mol. The van der Waals surface area contributed by atoms with Crippen molar-refractivity contribution in [1.29, 1.82) is 0 Å². The monoisotopic (exact) mass is 687 g/mol. The second kappa shape index (κ2) is 13.0. The van der Waals surface area contributed by atoms with Crippen molar-refractivity contribution in [2.24, 2.45) is 11.3 Å². The Balaban J connectivity index is 1.00. The number of alkyl carbamates (subject to hydrolysis) is 1. The smallest absolute Gasteiger partial charge is 0.407 e. The van der Waals surface area contributed by atoms with Crippen LogP contribution in [0.1, 0.15) is 41.5 Å². The number of ether oxygens (including phenoxy) is 2. The molecule has 0 bridgehead atoms. The van der Waals surface area contributed by atoms with Gasteiger partial charge in [0, 0.05) is 43.9 Å². The number of aliphatic hydroxyl groups is 1. The highest BCUT2D eigenvalue weighted by Crippen LogP contribution is 2.67. The molecule has 3 aromatic carbocycles. The number of carbonyl (C=O) groups is 2. The van der Waals surface area contributed by atoms with Gasteiger partial charge in [-0.25, -0.2) is 19.7 Å². The first kappa shape index (κ1) is 32.7. The maximum absolute atomic E-state index is 14.2. The van der Waals surface area contributed by atoms with Gasteiger partial charge in [0.05, 0.1) is 20.0 Å². The van der Waals surface area contributed by atoms with Crippen LogP contribution in [0.25, 0.3) is 22.3 Å². The van der Waals surface area contributed by atoms with Gasteiger partial charge in [0.15, 0.2) is 17.0 Å². The molecule has 262 valence electrons. The van der Waals surface area contributed by atoms with Gasteiger partial charge in [-0.15, -0.1) is 0 Å². The normalized spacial score (nSPS) is 22.1. The summed E-state index contributed by atoms with van der Waals surface area (Å²) in [4.78, 5) is 43.1. The first-order valence-electron chi connectivity index (χ1n) is 17.3. The number of nitrogens with one attached hydrogen (secondary N) is 2. The molecule has 2 fully saturated rings. The van der Waals surface area contributed by atoms with E-state index in [-0.39, 0.29) is 49.5 Å². The summed E-state index contributed by atoms with van der Waals surface area (Å²) in [5, 5.41) is 16.8. The van der Waals surface area contributed by atoms with Gasteiger partial charge in [-0.2, -0.15) is 0 Å². The molecule has 0 aliphatic heterocycles. The number of anilines is 1. The van der Waals surface area contributed by atoms with Gasteiger partial charge in [0.25, 0.3) is 0 Å². The third kappa shape index (κ3) is 5.73. The highest BCUT2D eigenvalue weighted by molar-refractivity contribution is 5.87. The average Bonchev–Trinajstić information content (AvgIpc) is 3.42. The molecular formula is C39H41N7O5. The van der Waals surface area contributed by atoms with Crippen molar-refractivity contribution in [1.82, 2.24) is 30.2 Å². The SMILES string of the molecule is COc1ccc(C[C@H](NC(=O)OCC2c3ccccc3-c3ccccc32)C(=O)N[C@H]2C[C@H](n3cnc4c(N(C)C)ncnc43)C3C[C@]32CO)cc1. The summed E-state index contributed by atoms with van der Waals surface area (Å²) >= 11 is 0. The van der Waals surface area contributed by atoms with Crippen molar-refractivity contribution in [3.63, 3.8) is 0 Å². The lowest BCUT2D eigenvalue weighted by Gasteiger charge is -2.27. The van der Waals surface area contributed by atoms with E-state index in [4.69, 9.17) is 9.47 Å². The molecule has 0 spiro atoms. The van der Waals surface area contributed by atoms with E-state index >= 15 is 0 Å². The summed E-state index contributed by atoms with van der Waals surface area (Å²) < 4.78 is 13.2. The summed E-state index contributed by atoms with van der Waals surface area (Å²) in [6.45, 7) is 0.0704. The topological polar surface area (TPSA) is 144 Å². The van der Waals surface area contributed by atoms with Gasteiger partial charge in [-0.1, -0.05) is 60.7 Å². The number of hydrogen-bond acceptors (Lipinski definition) is 9. The van der Waals surface area contributed by atoms with Crippen LogP contribution in [0.4, 0.5) is 10.6 Å². The lowest BCUT2D eigenvalue weighted by Crippen LogP contribution is -2.52. The zero-order chi connectivity index (χ0) is 35.3. The van der Waals surface area contributed by atoms with Gasteiger partial charge in [0.1, 0.15) is 24.7 Å². The van der Waals surface area contributed by atoms with E-state index in [1.165, 1.54) is 6.33 Å². The van der Waals surface area contributed by atoms with Crippen molar-refractivity contribution < 1.29 is 24.2 Å². The molecule has 2 saturated carbocycles. The molecule has 5 aromatic rings. The van der Waals surface area contributed by atoms with Crippen LogP contribution in [0.2, 0.25) is 0 Å². The van der Waals surface area contributed by atoms with E-state index in [9.17, 15) is 14.7 Å². The summed E-state index contributed by atoms with van der Waals surface area (Å²) in [6.07, 6.45) is 4.23. The number of aromatic nitrogens is 4. The molecule has 12 nitrogen and oxygen atoms in total. The highest BCUT2D eigenvalue weighted by Gasteiger charge is 2.68. The number of fused-ring (bicyclic) bond motifs is 5. The molecule has 5 atom stereocenters. The third-order valence-corrected chi connectivity index (χ3v) is 11.1. The lowest BCUT2D eigenvalue weighted by molar-refractivity contribution is -0.124. The number of rotatable bonds is 11. The standard InChI is InChI=1S/C39H41N7O5/c1-45(2)35-34-36(41-21-40-35)46(22-42-34)32-17-33(39(20-47)18-30(32)39)44-37(48)31(16-23-12-14-24(50-3)15-13-23)43-38(49)51-19-29-27-10-6-4-8-25(27)26-9-5-7-11-28(26)29/h4-15,21-22,29-33,47H,16-20H2,1-3H3,(H,43,49)(H,44,48)/t30?,31-,32-,33-,39-/m0/s1. The molecule has 12 heteroatoms. The molecule has 0 saturated heterocycles. The quantitative estimate of drug-likeness (QED) is 0.183. The molecule has 2 heterocycles. The molecule has 1 unspecified atom stereocenters.